The molecule has 0 atom stereocenters. The van der Waals surface area contributed by atoms with Crippen LogP contribution in [0.4, 0.5) is 11.4 Å². The van der Waals surface area contributed by atoms with Crippen molar-refractivity contribution in [1.82, 2.24) is 9.78 Å². The van der Waals surface area contributed by atoms with Crippen molar-refractivity contribution < 1.29 is 0 Å². The van der Waals surface area contributed by atoms with Gasteiger partial charge in [-0.3, -0.25) is 4.68 Å². The van der Waals surface area contributed by atoms with E-state index < -0.39 is 0 Å². The van der Waals surface area contributed by atoms with Gasteiger partial charge in [-0.05, 0) is 30.2 Å². The second kappa shape index (κ2) is 5.10. The number of hydrogen-bond acceptors (Lipinski definition) is 3. The number of nitrogens with zero attached hydrogens (tertiary/aromatic N) is 2. The summed E-state index contributed by atoms with van der Waals surface area (Å²) in [5, 5.41) is 8.05. The number of rotatable bonds is 4. The molecule has 1 aromatic heterocycles. The zero-order valence-electron chi connectivity index (χ0n) is 9.65. The molecule has 0 radical (unpaired) electrons. The molecule has 0 spiro atoms. The van der Waals surface area contributed by atoms with Crippen LogP contribution in [0.3, 0.4) is 0 Å². The quantitative estimate of drug-likeness (QED) is 0.819. The molecule has 0 fully saturated rings. The lowest BCUT2D eigenvalue weighted by Gasteiger charge is -2.08. The van der Waals surface area contributed by atoms with Crippen LogP contribution >= 0.6 is 11.6 Å². The van der Waals surface area contributed by atoms with E-state index in [4.69, 9.17) is 17.3 Å². The summed E-state index contributed by atoms with van der Waals surface area (Å²) in [6.07, 6.45) is 4.79. The van der Waals surface area contributed by atoms with E-state index in [1.807, 2.05) is 31.6 Å². The average molecular weight is 251 g/mol. The highest BCUT2D eigenvalue weighted by Crippen LogP contribution is 2.22. The molecule has 4 nitrogen and oxygen atoms in total. The molecular weight excluding hydrogens is 236 g/mol. The van der Waals surface area contributed by atoms with E-state index in [-0.39, 0.29) is 0 Å². The fraction of sp³-hybridized carbons (Fsp3) is 0.250. The third-order valence-electron chi connectivity index (χ3n) is 2.50. The molecule has 0 aliphatic carbocycles. The Bertz CT molecular complexity index is 507. The molecule has 1 aromatic carbocycles. The maximum absolute atomic E-state index is 5.84. The zero-order valence-corrected chi connectivity index (χ0v) is 10.4. The van der Waals surface area contributed by atoms with Gasteiger partial charge in [0, 0.05) is 24.8 Å². The monoisotopic (exact) mass is 250 g/mol. The smallest absolute Gasteiger partial charge is 0.0575 e. The van der Waals surface area contributed by atoms with E-state index in [9.17, 15) is 0 Å². The van der Waals surface area contributed by atoms with Crippen molar-refractivity contribution in [2.45, 2.75) is 6.42 Å². The van der Waals surface area contributed by atoms with Crippen molar-refractivity contribution >= 4 is 23.0 Å². The molecule has 0 bridgehead atoms. The number of nitrogens with one attached hydrogen (secondary N) is 1. The Labute approximate surface area is 105 Å². The van der Waals surface area contributed by atoms with Crippen molar-refractivity contribution in [3.05, 3.63) is 41.2 Å². The first-order valence-electron chi connectivity index (χ1n) is 5.41. The molecule has 3 N–H and O–H groups in total. The second-order valence-electron chi connectivity index (χ2n) is 3.93. The molecule has 0 saturated carbocycles. The SMILES string of the molecule is Cn1cc(CCNc2ccc(Cl)cc2N)cn1. The summed E-state index contributed by atoms with van der Waals surface area (Å²) < 4.78 is 1.80. The summed E-state index contributed by atoms with van der Waals surface area (Å²) in [6, 6.07) is 5.46. The molecule has 5 heteroatoms. The van der Waals surface area contributed by atoms with Crippen LogP contribution in [-0.4, -0.2) is 16.3 Å². The molecular formula is C12H15ClN4. The number of benzene rings is 1. The number of nitrogen functional groups attached to an aromatic ring is 1. The first-order chi connectivity index (χ1) is 8.15. The minimum Gasteiger partial charge on any atom is -0.397 e. The van der Waals surface area contributed by atoms with Crippen LogP contribution in [0, 0.1) is 0 Å². The molecule has 0 aliphatic heterocycles. The van der Waals surface area contributed by atoms with Crippen molar-refractivity contribution in [2.24, 2.45) is 7.05 Å². The highest BCUT2D eigenvalue weighted by Gasteiger charge is 2.00. The van der Waals surface area contributed by atoms with Gasteiger partial charge in [0.1, 0.15) is 0 Å². The maximum Gasteiger partial charge on any atom is 0.0575 e. The van der Waals surface area contributed by atoms with Crippen molar-refractivity contribution in [2.75, 3.05) is 17.6 Å². The van der Waals surface area contributed by atoms with Gasteiger partial charge in [0.05, 0.1) is 17.6 Å². The number of anilines is 2. The molecule has 90 valence electrons. The Kier molecular flexibility index (Phi) is 3.54. The van der Waals surface area contributed by atoms with E-state index in [0.717, 1.165) is 18.7 Å². The van der Waals surface area contributed by atoms with Crippen molar-refractivity contribution in [1.29, 1.82) is 0 Å². The van der Waals surface area contributed by atoms with Gasteiger partial charge in [0.25, 0.3) is 0 Å². The van der Waals surface area contributed by atoms with E-state index in [0.29, 0.717) is 10.7 Å². The number of aryl methyl sites for hydroxylation is 1. The minimum atomic E-state index is 0.653. The second-order valence-corrected chi connectivity index (χ2v) is 4.37. The molecule has 1 heterocycles. The fourth-order valence-electron chi connectivity index (χ4n) is 1.64. The van der Waals surface area contributed by atoms with Gasteiger partial charge in [0.15, 0.2) is 0 Å². The summed E-state index contributed by atoms with van der Waals surface area (Å²) in [4.78, 5) is 0. The number of nitrogens with two attached hydrogens (primary N) is 1. The standard InChI is InChI=1S/C12H15ClN4/c1-17-8-9(7-16-17)4-5-15-12-3-2-10(13)6-11(12)14/h2-3,6-8,15H,4-5,14H2,1H3. The number of halogens is 1. The summed E-state index contributed by atoms with van der Waals surface area (Å²) in [5.41, 5.74) is 8.63. The van der Waals surface area contributed by atoms with Gasteiger partial charge >= 0.3 is 0 Å². The molecule has 0 aliphatic rings. The zero-order chi connectivity index (χ0) is 12.3. The molecule has 0 unspecified atom stereocenters. The average Bonchev–Trinajstić information content (AvgIpc) is 2.68. The normalized spacial score (nSPS) is 10.5. The minimum absolute atomic E-state index is 0.653. The first kappa shape index (κ1) is 11.8. The number of hydrogen-bond donors (Lipinski definition) is 2. The van der Waals surface area contributed by atoms with Gasteiger partial charge in [0.2, 0.25) is 0 Å². The molecule has 2 aromatic rings. The van der Waals surface area contributed by atoms with Gasteiger partial charge in [-0.2, -0.15) is 5.10 Å². The van der Waals surface area contributed by atoms with E-state index >= 15 is 0 Å². The molecule has 0 saturated heterocycles. The van der Waals surface area contributed by atoms with Gasteiger partial charge < -0.3 is 11.1 Å². The first-order valence-corrected chi connectivity index (χ1v) is 5.79. The van der Waals surface area contributed by atoms with Gasteiger partial charge in [-0.25, -0.2) is 0 Å². The lowest BCUT2D eigenvalue weighted by molar-refractivity contribution is 0.767. The molecule has 0 amide bonds. The largest absolute Gasteiger partial charge is 0.397 e. The summed E-state index contributed by atoms with van der Waals surface area (Å²) >= 11 is 5.83. The van der Waals surface area contributed by atoms with Crippen LogP contribution < -0.4 is 11.1 Å². The topological polar surface area (TPSA) is 55.9 Å². The Morgan fingerprint density at radius 3 is 2.94 bits per heavy atom. The number of aromatic nitrogens is 2. The lowest BCUT2D eigenvalue weighted by atomic mass is 10.2. The summed E-state index contributed by atoms with van der Waals surface area (Å²) in [6.45, 7) is 0.817. The Hall–Kier alpha value is -1.68. The predicted octanol–water partition coefficient (Wildman–Crippen LogP) is 2.31. The summed E-state index contributed by atoms with van der Waals surface area (Å²) in [5.74, 6) is 0. The van der Waals surface area contributed by atoms with Crippen molar-refractivity contribution in [3.8, 4) is 0 Å². The Balaban J connectivity index is 1.90. The maximum atomic E-state index is 5.84. The van der Waals surface area contributed by atoms with Crippen LogP contribution in [0.5, 0.6) is 0 Å². The van der Waals surface area contributed by atoms with Gasteiger partial charge in [-0.15, -0.1) is 0 Å². The highest BCUT2D eigenvalue weighted by atomic mass is 35.5. The van der Waals surface area contributed by atoms with Crippen LogP contribution in [0.2, 0.25) is 5.02 Å². The Morgan fingerprint density at radius 1 is 1.47 bits per heavy atom. The van der Waals surface area contributed by atoms with Crippen LogP contribution in [-0.2, 0) is 13.5 Å². The predicted molar refractivity (Wildman–Crippen MR) is 71.3 cm³/mol. The fourth-order valence-corrected chi connectivity index (χ4v) is 1.82. The van der Waals surface area contributed by atoms with E-state index in [1.165, 1.54) is 5.56 Å². The Morgan fingerprint density at radius 2 is 2.29 bits per heavy atom. The van der Waals surface area contributed by atoms with Crippen LogP contribution in [0.1, 0.15) is 5.56 Å². The van der Waals surface area contributed by atoms with Crippen LogP contribution in [0.25, 0.3) is 0 Å². The highest BCUT2D eigenvalue weighted by molar-refractivity contribution is 6.31. The van der Waals surface area contributed by atoms with E-state index in [1.54, 1.807) is 10.7 Å². The van der Waals surface area contributed by atoms with Crippen molar-refractivity contribution in [3.63, 3.8) is 0 Å². The van der Waals surface area contributed by atoms with Gasteiger partial charge in [-0.1, -0.05) is 11.6 Å². The molecule has 2 rings (SSSR count). The lowest BCUT2D eigenvalue weighted by Crippen LogP contribution is -2.06. The third kappa shape index (κ3) is 3.14. The molecule has 17 heavy (non-hydrogen) atoms. The van der Waals surface area contributed by atoms with E-state index in [2.05, 4.69) is 10.4 Å². The summed E-state index contributed by atoms with van der Waals surface area (Å²) in [7, 11) is 1.91. The third-order valence-corrected chi connectivity index (χ3v) is 2.74. The van der Waals surface area contributed by atoms with Crippen LogP contribution in [0.15, 0.2) is 30.6 Å².